The van der Waals surface area contributed by atoms with Crippen LogP contribution in [0.1, 0.15) is 31.9 Å². The summed E-state index contributed by atoms with van der Waals surface area (Å²) in [5.41, 5.74) is 0.928. The van der Waals surface area contributed by atoms with Gasteiger partial charge >= 0.3 is 0 Å². The van der Waals surface area contributed by atoms with Crippen molar-refractivity contribution < 1.29 is 4.79 Å². The number of carbonyl (C=O) groups is 1. The lowest BCUT2D eigenvalue weighted by atomic mass is 10.0. The summed E-state index contributed by atoms with van der Waals surface area (Å²) in [5.74, 6) is 0.739. The van der Waals surface area contributed by atoms with Gasteiger partial charge in [-0.15, -0.1) is 0 Å². The van der Waals surface area contributed by atoms with Crippen molar-refractivity contribution in [1.29, 1.82) is 0 Å². The van der Waals surface area contributed by atoms with Crippen molar-refractivity contribution in [2.75, 3.05) is 13.6 Å². The van der Waals surface area contributed by atoms with Gasteiger partial charge < -0.3 is 10.2 Å². The van der Waals surface area contributed by atoms with E-state index in [0.717, 1.165) is 18.5 Å². The molecule has 2 rings (SSSR count). The molecule has 3 atom stereocenters. The van der Waals surface area contributed by atoms with Crippen molar-refractivity contribution >= 4 is 5.91 Å². The molecule has 0 saturated carbocycles. The third-order valence-corrected chi connectivity index (χ3v) is 4.02. The number of aromatic nitrogens is 2. The molecule has 1 N–H and O–H groups in total. The lowest BCUT2D eigenvalue weighted by molar-refractivity contribution is -0.134. The van der Waals surface area contributed by atoms with Gasteiger partial charge in [0.2, 0.25) is 5.91 Å². The number of hydrogen-bond donors (Lipinski definition) is 1. The van der Waals surface area contributed by atoms with Gasteiger partial charge in [-0.1, -0.05) is 6.92 Å². The lowest BCUT2D eigenvalue weighted by Crippen LogP contribution is -2.42. The van der Waals surface area contributed by atoms with E-state index in [1.807, 2.05) is 25.2 Å². The molecule has 5 nitrogen and oxygen atoms in total. The number of amides is 1. The Bertz CT molecular complexity index is 428. The summed E-state index contributed by atoms with van der Waals surface area (Å²) < 4.78 is 1.73. The van der Waals surface area contributed by atoms with Crippen LogP contribution in [0.4, 0.5) is 0 Å². The Labute approximate surface area is 108 Å². The van der Waals surface area contributed by atoms with Gasteiger partial charge in [-0.25, -0.2) is 0 Å². The summed E-state index contributed by atoms with van der Waals surface area (Å²) >= 11 is 0. The number of nitrogens with zero attached hydrogens (tertiary/aromatic N) is 3. The minimum atomic E-state index is -0.286. The Morgan fingerprint density at radius 2 is 2.28 bits per heavy atom. The van der Waals surface area contributed by atoms with E-state index in [9.17, 15) is 4.79 Å². The molecule has 0 spiro atoms. The predicted octanol–water partition coefficient (Wildman–Crippen LogP) is 0.937. The van der Waals surface area contributed by atoms with Gasteiger partial charge in [-0.05, 0) is 26.3 Å². The maximum atomic E-state index is 12.6. The average Bonchev–Trinajstić information content (AvgIpc) is 2.89. The average molecular weight is 250 g/mol. The molecule has 0 bridgehead atoms. The first-order valence-corrected chi connectivity index (χ1v) is 6.51. The van der Waals surface area contributed by atoms with Gasteiger partial charge in [0.15, 0.2) is 0 Å². The summed E-state index contributed by atoms with van der Waals surface area (Å²) in [6.07, 6.45) is 4.74. The molecule has 18 heavy (non-hydrogen) atoms. The van der Waals surface area contributed by atoms with Crippen LogP contribution in [0.25, 0.3) is 0 Å². The molecule has 1 fully saturated rings. The van der Waals surface area contributed by atoms with Crippen molar-refractivity contribution in [3.05, 3.63) is 18.0 Å². The molecule has 0 radical (unpaired) electrons. The largest absolute Gasteiger partial charge is 0.338 e. The maximum Gasteiger partial charge on any atom is 0.244 e. The van der Waals surface area contributed by atoms with Crippen molar-refractivity contribution in [2.24, 2.45) is 13.0 Å². The zero-order valence-corrected chi connectivity index (χ0v) is 11.6. The maximum absolute atomic E-state index is 12.6. The lowest BCUT2D eigenvalue weighted by Gasteiger charge is -2.27. The van der Waals surface area contributed by atoms with Crippen LogP contribution in [-0.4, -0.2) is 40.2 Å². The number of likely N-dealkylation sites (tertiary alicyclic amines) is 1. The molecule has 0 aliphatic carbocycles. The quantitative estimate of drug-likeness (QED) is 0.868. The first-order valence-electron chi connectivity index (χ1n) is 6.51. The van der Waals surface area contributed by atoms with Gasteiger partial charge in [-0.2, -0.15) is 5.10 Å². The van der Waals surface area contributed by atoms with Crippen molar-refractivity contribution in [3.63, 3.8) is 0 Å². The van der Waals surface area contributed by atoms with Crippen molar-refractivity contribution in [3.8, 4) is 0 Å². The van der Waals surface area contributed by atoms with Crippen LogP contribution in [0.5, 0.6) is 0 Å². The highest BCUT2D eigenvalue weighted by molar-refractivity contribution is 5.83. The van der Waals surface area contributed by atoms with Crippen LogP contribution in [0, 0.1) is 5.92 Å². The van der Waals surface area contributed by atoms with E-state index in [-0.39, 0.29) is 11.9 Å². The summed E-state index contributed by atoms with van der Waals surface area (Å²) in [4.78, 5) is 14.6. The Morgan fingerprint density at radius 1 is 1.56 bits per heavy atom. The molecule has 1 aromatic rings. The monoisotopic (exact) mass is 250 g/mol. The van der Waals surface area contributed by atoms with Gasteiger partial charge in [0.25, 0.3) is 0 Å². The smallest absolute Gasteiger partial charge is 0.244 e. The van der Waals surface area contributed by atoms with Gasteiger partial charge in [0.05, 0.1) is 6.20 Å². The predicted molar refractivity (Wildman–Crippen MR) is 70.0 cm³/mol. The summed E-state index contributed by atoms with van der Waals surface area (Å²) in [7, 11) is 3.68. The topological polar surface area (TPSA) is 50.2 Å². The zero-order valence-electron chi connectivity index (χ0n) is 11.6. The zero-order chi connectivity index (χ0) is 13.3. The molecule has 2 heterocycles. The van der Waals surface area contributed by atoms with Gasteiger partial charge in [0, 0.05) is 31.4 Å². The number of carbonyl (C=O) groups excluding carboxylic acids is 1. The number of aryl methyl sites for hydroxylation is 1. The van der Waals surface area contributed by atoms with Crippen LogP contribution >= 0.6 is 0 Å². The minimum absolute atomic E-state index is 0.155. The van der Waals surface area contributed by atoms with E-state index in [1.165, 1.54) is 0 Å². The summed E-state index contributed by atoms with van der Waals surface area (Å²) in [6, 6.07) is 0.0384. The van der Waals surface area contributed by atoms with E-state index in [2.05, 4.69) is 24.3 Å². The Kier molecular flexibility index (Phi) is 3.71. The minimum Gasteiger partial charge on any atom is -0.338 e. The molecular weight excluding hydrogens is 228 g/mol. The second-order valence-corrected chi connectivity index (χ2v) is 5.21. The SMILES string of the molecule is CNC(C(=O)N1CCC(C)C1C)c1cnn(C)c1. The van der Waals surface area contributed by atoms with Crippen LogP contribution in [-0.2, 0) is 11.8 Å². The molecular formula is C13H22N4O. The van der Waals surface area contributed by atoms with Crippen LogP contribution in [0.2, 0.25) is 0 Å². The number of likely N-dealkylation sites (N-methyl/N-ethyl adjacent to an activating group) is 1. The molecule has 1 amide bonds. The van der Waals surface area contributed by atoms with Crippen LogP contribution in [0.15, 0.2) is 12.4 Å². The first-order chi connectivity index (χ1) is 8.54. The molecule has 0 aromatic carbocycles. The van der Waals surface area contributed by atoms with Crippen molar-refractivity contribution in [1.82, 2.24) is 20.0 Å². The van der Waals surface area contributed by atoms with E-state index in [1.54, 1.807) is 10.9 Å². The number of rotatable bonds is 3. The third kappa shape index (κ3) is 2.27. The second-order valence-electron chi connectivity index (χ2n) is 5.21. The van der Waals surface area contributed by atoms with E-state index >= 15 is 0 Å². The highest BCUT2D eigenvalue weighted by Crippen LogP contribution is 2.26. The molecule has 1 aromatic heterocycles. The third-order valence-electron chi connectivity index (χ3n) is 4.02. The van der Waals surface area contributed by atoms with Gasteiger partial charge in [-0.3, -0.25) is 9.48 Å². The first kappa shape index (κ1) is 13.1. The number of nitrogens with one attached hydrogen (secondary N) is 1. The Balaban J connectivity index is 2.16. The molecule has 1 aliphatic rings. The fourth-order valence-electron chi connectivity index (χ4n) is 2.59. The van der Waals surface area contributed by atoms with Crippen molar-refractivity contribution in [2.45, 2.75) is 32.4 Å². The molecule has 5 heteroatoms. The van der Waals surface area contributed by atoms with Crippen LogP contribution in [0.3, 0.4) is 0 Å². The highest BCUT2D eigenvalue weighted by atomic mass is 16.2. The molecule has 100 valence electrons. The van der Waals surface area contributed by atoms with Gasteiger partial charge in [0.1, 0.15) is 6.04 Å². The van der Waals surface area contributed by atoms with E-state index < -0.39 is 0 Å². The second kappa shape index (κ2) is 5.10. The standard InChI is InChI=1S/C13H22N4O/c1-9-5-6-17(10(9)2)13(18)12(14-3)11-7-15-16(4)8-11/h7-10,12,14H,5-6H2,1-4H3. The highest BCUT2D eigenvalue weighted by Gasteiger charge is 2.34. The van der Waals surface area contributed by atoms with E-state index in [0.29, 0.717) is 12.0 Å². The molecule has 1 aliphatic heterocycles. The summed E-state index contributed by atoms with van der Waals surface area (Å²) in [5, 5.41) is 7.23. The molecule has 3 unspecified atom stereocenters. The number of hydrogen-bond acceptors (Lipinski definition) is 3. The normalized spacial score (nSPS) is 25.4. The van der Waals surface area contributed by atoms with E-state index in [4.69, 9.17) is 0 Å². The Hall–Kier alpha value is -1.36. The Morgan fingerprint density at radius 3 is 2.72 bits per heavy atom. The van der Waals surface area contributed by atoms with Crippen LogP contribution < -0.4 is 5.32 Å². The fourth-order valence-corrected chi connectivity index (χ4v) is 2.59. The fraction of sp³-hybridized carbons (Fsp3) is 0.692. The molecule has 1 saturated heterocycles. The summed E-state index contributed by atoms with van der Waals surface area (Å²) in [6.45, 7) is 5.20.